The van der Waals surface area contributed by atoms with Gasteiger partial charge < -0.3 is 10.2 Å². The minimum absolute atomic E-state index is 0.0340. The Balaban J connectivity index is 1.42. The molecule has 0 atom stereocenters. The van der Waals surface area contributed by atoms with Crippen molar-refractivity contribution in [3.05, 3.63) is 30.1 Å². The number of amides is 2. The van der Waals surface area contributed by atoms with Gasteiger partial charge in [-0.1, -0.05) is 18.9 Å². The van der Waals surface area contributed by atoms with Gasteiger partial charge in [0.15, 0.2) is 0 Å². The minimum Gasteiger partial charge on any atom is -0.332 e. The summed E-state index contributed by atoms with van der Waals surface area (Å²) >= 11 is 0. The molecule has 2 amide bonds. The van der Waals surface area contributed by atoms with Crippen LogP contribution in [0.5, 0.6) is 0 Å². The maximum Gasteiger partial charge on any atom is 0.317 e. The van der Waals surface area contributed by atoms with E-state index in [0.717, 1.165) is 37.9 Å². The monoisotopic (exact) mass is 288 g/mol. The van der Waals surface area contributed by atoms with Gasteiger partial charge in [-0.25, -0.2) is 4.79 Å². The fourth-order valence-corrected chi connectivity index (χ4v) is 3.34. The van der Waals surface area contributed by atoms with Crippen LogP contribution in [-0.2, 0) is 6.54 Å². The summed E-state index contributed by atoms with van der Waals surface area (Å²) in [6, 6.07) is 6.55. The van der Waals surface area contributed by atoms with Crippen molar-refractivity contribution in [3.8, 4) is 0 Å². The highest BCUT2D eigenvalue weighted by molar-refractivity contribution is 5.74. The number of rotatable bonds is 3. The molecule has 1 aromatic heterocycles. The summed E-state index contributed by atoms with van der Waals surface area (Å²) in [6.45, 7) is 4.21. The molecule has 1 aliphatic heterocycles. The maximum absolute atomic E-state index is 12.2. The molecule has 0 spiro atoms. The van der Waals surface area contributed by atoms with E-state index in [0.29, 0.717) is 6.54 Å². The molecular weight excluding hydrogens is 264 g/mol. The van der Waals surface area contributed by atoms with E-state index in [-0.39, 0.29) is 6.03 Å². The van der Waals surface area contributed by atoms with Gasteiger partial charge in [-0.2, -0.15) is 0 Å². The van der Waals surface area contributed by atoms with Gasteiger partial charge in [0.2, 0.25) is 0 Å². The Morgan fingerprint density at radius 2 is 1.95 bits per heavy atom. The van der Waals surface area contributed by atoms with E-state index in [1.807, 2.05) is 23.1 Å². The van der Waals surface area contributed by atoms with Gasteiger partial charge in [-0.05, 0) is 25.0 Å². The fourth-order valence-electron chi connectivity index (χ4n) is 3.34. The van der Waals surface area contributed by atoms with Gasteiger partial charge in [0, 0.05) is 38.4 Å². The van der Waals surface area contributed by atoms with Crippen molar-refractivity contribution in [1.29, 1.82) is 0 Å². The van der Waals surface area contributed by atoms with Gasteiger partial charge in [0.25, 0.3) is 0 Å². The number of hydrogen-bond donors (Lipinski definition) is 1. The van der Waals surface area contributed by atoms with Crippen molar-refractivity contribution in [2.75, 3.05) is 26.2 Å². The average Bonchev–Trinajstić information content (AvgIpc) is 3.08. The number of urea groups is 1. The molecule has 3 rings (SSSR count). The summed E-state index contributed by atoms with van der Waals surface area (Å²) in [5, 5.41) is 2.96. The first-order valence-corrected chi connectivity index (χ1v) is 7.99. The molecular formula is C16H24N4O. The molecule has 1 aromatic rings. The first-order chi connectivity index (χ1) is 10.3. The number of carbonyl (C=O) groups excluding carboxylic acids is 1. The Labute approximate surface area is 126 Å². The largest absolute Gasteiger partial charge is 0.332 e. The standard InChI is InChI=1S/C16H24N4O/c21-16(18-13-14-5-3-4-8-17-14)20-11-9-19(10-12-20)15-6-1-2-7-15/h3-5,8,15H,1-2,6-7,9-13H2,(H,18,21). The fraction of sp³-hybridized carbons (Fsp3) is 0.625. The molecule has 5 nitrogen and oxygen atoms in total. The Morgan fingerprint density at radius 1 is 1.19 bits per heavy atom. The molecule has 1 saturated heterocycles. The normalized spacial score (nSPS) is 20.7. The van der Waals surface area contributed by atoms with Gasteiger partial charge in [0.05, 0.1) is 12.2 Å². The molecule has 0 unspecified atom stereocenters. The second-order valence-electron chi connectivity index (χ2n) is 5.94. The summed E-state index contributed by atoms with van der Waals surface area (Å²) in [5.41, 5.74) is 0.899. The van der Waals surface area contributed by atoms with Gasteiger partial charge >= 0.3 is 6.03 Å². The van der Waals surface area contributed by atoms with Crippen LogP contribution < -0.4 is 5.32 Å². The second-order valence-corrected chi connectivity index (χ2v) is 5.94. The lowest BCUT2D eigenvalue weighted by atomic mass is 10.2. The van der Waals surface area contributed by atoms with E-state index in [1.165, 1.54) is 25.7 Å². The van der Waals surface area contributed by atoms with Crippen LogP contribution in [0.3, 0.4) is 0 Å². The summed E-state index contributed by atoms with van der Waals surface area (Å²) in [7, 11) is 0. The van der Waals surface area contributed by atoms with E-state index in [4.69, 9.17) is 0 Å². The number of hydrogen-bond acceptors (Lipinski definition) is 3. The first-order valence-electron chi connectivity index (χ1n) is 7.99. The van der Waals surface area contributed by atoms with E-state index >= 15 is 0 Å². The topological polar surface area (TPSA) is 48.5 Å². The molecule has 2 heterocycles. The van der Waals surface area contributed by atoms with E-state index in [9.17, 15) is 4.79 Å². The van der Waals surface area contributed by atoms with Crippen LogP contribution in [0, 0.1) is 0 Å². The zero-order chi connectivity index (χ0) is 14.5. The summed E-state index contributed by atoms with van der Waals surface area (Å²) in [4.78, 5) is 20.9. The third-order valence-electron chi connectivity index (χ3n) is 4.59. The van der Waals surface area contributed by atoms with Crippen molar-refractivity contribution in [2.45, 2.75) is 38.3 Å². The Bertz CT molecular complexity index is 451. The average molecular weight is 288 g/mol. The molecule has 2 aliphatic rings. The molecule has 1 N–H and O–H groups in total. The molecule has 5 heteroatoms. The molecule has 0 bridgehead atoms. The zero-order valence-electron chi connectivity index (χ0n) is 12.5. The number of pyridine rings is 1. The predicted molar refractivity (Wildman–Crippen MR) is 81.9 cm³/mol. The third kappa shape index (κ3) is 3.73. The predicted octanol–water partition coefficient (Wildman–Crippen LogP) is 1.85. The summed E-state index contributed by atoms with van der Waals surface area (Å²) in [6.07, 6.45) is 7.17. The van der Waals surface area contributed by atoms with Crippen LogP contribution in [0.15, 0.2) is 24.4 Å². The van der Waals surface area contributed by atoms with Crippen LogP contribution in [0.1, 0.15) is 31.4 Å². The lowest BCUT2D eigenvalue weighted by Gasteiger charge is -2.38. The SMILES string of the molecule is O=C(NCc1ccccn1)N1CCN(C2CCCC2)CC1. The molecule has 2 fully saturated rings. The van der Waals surface area contributed by atoms with E-state index < -0.39 is 0 Å². The van der Waals surface area contributed by atoms with Gasteiger partial charge in [-0.3, -0.25) is 9.88 Å². The first kappa shape index (κ1) is 14.3. The van der Waals surface area contributed by atoms with Crippen LogP contribution >= 0.6 is 0 Å². The number of nitrogens with zero attached hydrogens (tertiary/aromatic N) is 3. The van der Waals surface area contributed by atoms with E-state index in [2.05, 4.69) is 15.2 Å². The zero-order valence-corrected chi connectivity index (χ0v) is 12.5. The molecule has 0 radical (unpaired) electrons. The molecule has 0 aromatic carbocycles. The highest BCUT2D eigenvalue weighted by atomic mass is 16.2. The Kier molecular flexibility index (Phi) is 4.70. The smallest absolute Gasteiger partial charge is 0.317 e. The quantitative estimate of drug-likeness (QED) is 0.923. The molecule has 1 saturated carbocycles. The summed E-state index contributed by atoms with van der Waals surface area (Å²) in [5.74, 6) is 0. The van der Waals surface area contributed by atoms with Crippen LogP contribution in [-0.4, -0.2) is 53.0 Å². The van der Waals surface area contributed by atoms with Crippen molar-refractivity contribution in [3.63, 3.8) is 0 Å². The van der Waals surface area contributed by atoms with Crippen molar-refractivity contribution >= 4 is 6.03 Å². The highest BCUT2D eigenvalue weighted by Gasteiger charge is 2.27. The second kappa shape index (κ2) is 6.89. The number of piperazine rings is 1. The number of carbonyl (C=O) groups is 1. The minimum atomic E-state index is 0.0340. The third-order valence-corrected chi connectivity index (χ3v) is 4.59. The molecule has 1 aliphatic carbocycles. The van der Waals surface area contributed by atoms with Crippen molar-refractivity contribution in [1.82, 2.24) is 20.1 Å². The van der Waals surface area contributed by atoms with Crippen LogP contribution in [0.2, 0.25) is 0 Å². The highest BCUT2D eigenvalue weighted by Crippen LogP contribution is 2.24. The van der Waals surface area contributed by atoms with Crippen LogP contribution in [0.25, 0.3) is 0 Å². The summed E-state index contributed by atoms with van der Waals surface area (Å²) < 4.78 is 0. The van der Waals surface area contributed by atoms with Gasteiger partial charge in [0.1, 0.15) is 0 Å². The molecule has 21 heavy (non-hydrogen) atoms. The number of nitrogens with one attached hydrogen (secondary N) is 1. The Morgan fingerprint density at radius 3 is 2.62 bits per heavy atom. The van der Waals surface area contributed by atoms with Crippen LogP contribution in [0.4, 0.5) is 4.79 Å². The Hall–Kier alpha value is -1.62. The lowest BCUT2D eigenvalue weighted by molar-refractivity contribution is 0.109. The van der Waals surface area contributed by atoms with Gasteiger partial charge in [-0.15, -0.1) is 0 Å². The maximum atomic E-state index is 12.2. The molecule has 114 valence electrons. The van der Waals surface area contributed by atoms with Crippen molar-refractivity contribution in [2.24, 2.45) is 0 Å². The van der Waals surface area contributed by atoms with E-state index in [1.54, 1.807) is 6.20 Å². The number of aromatic nitrogens is 1. The van der Waals surface area contributed by atoms with Crippen molar-refractivity contribution < 1.29 is 4.79 Å². The lowest BCUT2D eigenvalue weighted by Crippen LogP contribution is -2.53.